The second kappa shape index (κ2) is 12.3. The van der Waals surface area contributed by atoms with E-state index in [-0.39, 0.29) is 0 Å². The number of unbranched alkanes of at least 4 members (excludes halogenated alkanes) is 4. The molecule has 140 valence electrons. The molecule has 0 bridgehead atoms. The van der Waals surface area contributed by atoms with Crippen molar-refractivity contribution >= 4 is 0 Å². The molecule has 0 amide bonds. The third kappa shape index (κ3) is 7.81. The first-order valence-electron chi connectivity index (χ1n) is 11.1. The van der Waals surface area contributed by atoms with E-state index in [1.165, 1.54) is 89.9 Å². The summed E-state index contributed by atoms with van der Waals surface area (Å²) >= 11 is 0. The quantitative estimate of drug-likeness (QED) is 0.241. The Balaban J connectivity index is 1.58. The Morgan fingerprint density at radius 3 is 2.08 bits per heavy atom. The van der Waals surface area contributed by atoms with Crippen molar-refractivity contribution < 1.29 is 0 Å². The van der Waals surface area contributed by atoms with Crippen LogP contribution in [-0.4, -0.2) is 0 Å². The molecule has 1 nitrogen and oxygen atoms in total. The van der Waals surface area contributed by atoms with Gasteiger partial charge in [0.2, 0.25) is 0 Å². The lowest BCUT2D eigenvalue weighted by atomic mass is 9.68. The number of nitrogens with zero attached hydrogens (tertiary/aromatic N) is 1. The Bertz CT molecular complexity index is 426. The Kier molecular flexibility index (Phi) is 10.0. The highest BCUT2D eigenvalue weighted by molar-refractivity contribution is 5.12. The molecule has 0 aromatic rings. The Morgan fingerprint density at radius 2 is 1.44 bits per heavy atom. The molecule has 0 saturated heterocycles. The van der Waals surface area contributed by atoms with Crippen LogP contribution in [0.15, 0.2) is 24.3 Å². The zero-order valence-corrected chi connectivity index (χ0v) is 16.5. The van der Waals surface area contributed by atoms with E-state index in [1.54, 1.807) is 6.08 Å². The first-order valence-corrected chi connectivity index (χ1v) is 11.1. The van der Waals surface area contributed by atoms with Gasteiger partial charge in [0.1, 0.15) is 0 Å². The summed E-state index contributed by atoms with van der Waals surface area (Å²) in [6, 6.07) is 2.05. The van der Waals surface area contributed by atoms with Crippen molar-refractivity contribution in [2.75, 3.05) is 0 Å². The fraction of sp³-hybridized carbons (Fsp3) is 0.792. The number of hydrogen-bond acceptors (Lipinski definition) is 1. The van der Waals surface area contributed by atoms with Crippen molar-refractivity contribution in [2.45, 2.75) is 96.8 Å². The summed E-state index contributed by atoms with van der Waals surface area (Å²) < 4.78 is 0. The molecule has 0 unspecified atom stereocenters. The predicted molar refractivity (Wildman–Crippen MR) is 108 cm³/mol. The van der Waals surface area contributed by atoms with E-state index < -0.39 is 0 Å². The third-order valence-electron chi connectivity index (χ3n) is 6.76. The minimum absolute atomic E-state index is 0.749. The Hall–Kier alpha value is -1.03. The number of rotatable bonds is 9. The summed E-state index contributed by atoms with van der Waals surface area (Å²) in [6.45, 7) is 2.30. The van der Waals surface area contributed by atoms with Crippen LogP contribution < -0.4 is 0 Å². The zero-order chi connectivity index (χ0) is 17.7. The lowest BCUT2D eigenvalue weighted by Gasteiger charge is -2.37. The van der Waals surface area contributed by atoms with Crippen LogP contribution in [-0.2, 0) is 0 Å². The fourth-order valence-corrected chi connectivity index (χ4v) is 5.11. The van der Waals surface area contributed by atoms with Crippen molar-refractivity contribution in [3.8, 4) is 6.07 Å². The molecule has 2 aliphatic rings. The third-order valence-corrected chi connectivity index (χ3v) is 6.76. The van der Waals surface area contributed by atoms with E-state index in [2.05, 4.69) is 19.1 Å². The van der Waals surface area contributed by atoms with Gasteiger partial charge in [0, 0.05) is 6.08 Å². The maximum Gasteiger partial charge on any atom is 0.0912 e. The second-order valence-electron chi connectivity index (χ2n) is 8.53. The van der Waals surface area contributed by atoms with Crippen LogP contribution in [0.5, 0.6) is 0 Å². The minimum atomic E-state index is 0.749. The van der Waals surface area contributed by atoms with Crippen LogP contribution in [0, 0.1) is 35.0 Å². The van der Waals surface area contributed by atoms with Crippen LogP contribution in [0.3, 0.4) is 0 Å². The number of nitriles is 1. The van der Waals surface area contributed by atoms with Gasteiger partial charge in [-0.2, -0.15) is 5.26 Å². The summed E-state index contributed by atoms with van der Waals surface area (Å²) in [7, 11) is 0. The van der Waals surface area contributed by atoms with Crippen LogP contribution in [0.2, 0.25) is 0 Å². The van der Waals surface area contributed by atoms with Crippen molar-refractivity contribution in [3.63, 3.8) is 0 Å². The molecule has 2 fully saturated rings. The largest absolute Gasteiger partial charge is 0.193 e. The van der Waals surface area contributed by atoms with Gasteiger partial charge in [0.25, 0.3) is 0 Å². The molecule has 1 heteroatoms. The molecule has 2 saturated carbocycles. The SMILES string of the molecule is CCCCCCC[C@H]1CC[C@H](C2CCC(/C=C/C=C/C#N)CC2)CC1. The summed E-state index contributed by atoms with van der Waals surface area (Å²) in [5, 5.41) is 8.51. The van der Waals surface area contributed by atoms with E-state index >= 15 is 0 Å². The molecular formula is C24H39N. The highest BCUT2D eigenvalue weighted by atomic mass is 14.4. The Morgan fingerprint density at radius 1 is 0.800 bits per heavy atom. The van der Waals surface area contributed by atoms with Gasteiger partial charge >= 0.3 is 0 Å². The molecule has 0 N–H and O–H groups in total. The lowest BCUT2D eigenvalue weighted by molar-refractivity contribution is 0.151. The van der Waals surface area contributed by atoms with Gasteiger partial charge in [0.15, 0.2) is 0 Å². The van der Waals surface area contributed by atoms with Gasteiger partial charge in [-0.1, -0.05) is 76.5 Å². The average Bonchev–Trinajstić information content (AvgIpc) is 2.66. The maximum atomic E-state index is 8.51. The fourth-order valence-electron chi connectivity index (χ4n) is 5.11. The standard InChI is InChI=1S/C24H39N/c1-2-3-4-5-7-10-21-12-16-23(17-13-21)24-18-14-22(15-19-24)11-8-6-9-20-25/h6,8-9,11,21-24H,2-5,7,10,12-19H2,1H3/b9-6+,11-8+/t21-,22?,23-,24?. The summed E-state index contributed by atoms with van der Waals surface area (Å²) in [5.74, 6) is 3.83. The first-order chi connectivity index (χ1) is 12.3. The van der Waals surface area contributed by atoms with Gasteiger partial charge in [-0.05, 0) is 62.2 Å². The van der Waals surface area contributed by atoms with Gasteiger partial charge < -0.3 is 0 Å². The van der Waals surface area contributed by atoms with Gasteiger partial charge in [-0.15, -0.1) is 0 Å². The van der Waals surface area contributed by atoms with Gasteiger partial charge in [0.05, 0.1) is 6.07 Å². The molecule has 0 heterocycles. The topological polar surface area (TPSA) is 23.8 Å². The van der Waals surface area contributed by atoms with E-state index in [9.17, 15) is 0 Å². The second-order valence-corrected chi connectivity index (χ2v) is 8.53. The lowest BCUT2D eigenvalue weighted by Crippen LogP contribution is -2.25. The highest BCUT2D eigenvalue weighted by Gasteiger charge is 2.30. The highest BCUT2D eigenvalue weighted by Crippen LogP contribution is 2.42. The van der Waals surface area contributed by atoms with Gasteiger partial charge in [-0.3, -0.25) is 0 Å². The normalized spacial score (nSPS) is 30.7. The molecule has 2 rings (SSSR count). The molecule has 0 aromatic heterocycles. The first kappa shape index (κ1) is 20.3. The van der Waals surface area contributed by atoms with E-state index in [1.807, 2.05) is 12.1 Å². The number of allylic oxidation sites excluding steroid dienone is 4. The average molecular weight is 342 g/mol. The monoisotopic (exact) mass is 341 g/mol. The van der Waals surface area contributed by atoms with Crippen LogP contribution in [0.25, 0.3) is 0 Å². The molecule has 0 radical (unpaired) electrons. The molecule has 0 aliphatic heterocycles. The van der Waals surface area contributed by atoms with Crippen molar-refractivity contribution in [1.29, 1.82) is 5.26 Å². The summed E-state index contributed by atoms with van der Waals surface area (Å²) in [5.41, 5.74) is 0. The molecule has 2 aliphatic carbocycles. The van der Waals surface area contributed by atoms with Crippen LogP contribution in [0.4, 0.5) is 0 Å². The molecular weight excluding hydrogens is 302 g/mol. The Labute approximate surface area is 156 Å². The van der Waals surface area contributed by atoms with Crippen molar-refractivity contribution in [1.82, 2.24) is 0 Å². The number of hydrogen-bond donors (Lipinski definition) is 0. The maximum absolute atomic E-state index is 8.51. The predicted octanol–water partition coefficient (Wildman–Crippen LogP) is 7.60. The molecule has 0 atom stereocenters. The van der Waals surface area contributed by atoms with E-state index in [0.717, 1.165) is 23.7 Å². The van der Waals surface area contributed by atoms with Crippen molar-refractivity contribution in [3.05, 3.63) is 24.3 Å². The van der Waals surface area contributed by atoms with Crippen LogP contribution >= 0.6 is 0 Å². The van der Waals surface area contributed by atoms with Crippen LogP contribution in [0.1, 0.15) is 96.8 Å². The van der Waals surface area contributed by atoms with E-state index in [0.29, 0.717) is 0 Å². The van der Waals surface area contributed by atoms with Gasteiger partial charge in [-0.25, -0.2) is 0 Å². The summed E-state index contributed by atoms with van der Waals surface area (Å²) in [4.78, 5) is 0. The zero-order valence-electron chi connectivity index (χ0n) is 16.5. The van der Waals surface area contributed by atoms with Crippen molar-refractivity contribution in [2.24, 2.45) is 23.7 Å². The summed E-state index contributed by atoms with van der Waals surface area (Å²) in [6.07, 6.45) is 28.1. The molecule has 0 spiro atoms. The minimum Gasteiger partial charge on any atom is -0.193 e. The smallest absolute Gasteiger partial charge is 0.0912 e. The molecule has 25 heavy (non-hydrogen) atoms. The van der Waals surface area contributed by atoms with E-state index in [4.69, 9.17) is 5.26 Å². The molecule has 0 aromatic carbocycles.